The van der Waals surface area contributed by atoms with Crippen molar-refractivity contribution in [2.24, 2.45) is 0 Å². The third-order valence-corrected chi connectivity index (χ3v) is 4.56. The largest absolute Gasteiger partial charge is 0.395 e. The van der Waals surface area contributed by atoms with E-state index in [2.05, 4.69) is 15.1 Å². The zero-order valence-electron chi connectivity index (χ0n) is 11.8. The summed E-state index contributed by atoms with van der Waals surface area (Å²) in [7, 11) is 0. The van der Waals surface area contributed by atoms with Gasteiger partial charge in [-0.25, -0.2) is 0 Å². The number of ether oxygens (including phenoxy) is 1. The fourth-order valence-electron chi connectivity index (χ4n) is 3.28. The molecule has 0 aromatic carbocycles. The quantitative estimate of drug-likeness (QED) is 0.681. The van der Waals surface area contributed by atoms with Gasteiger partial charge in [0.25, 0.3) is 0 Å². The first-order chi connectivity index (χ1) is 9.35. The molecule has 2 atom stereocenters. The molecule has 3 rings (SSSR count). The Morgan fingerprint density at radius 2 is 1.95 bits per heavy atom. The minimum absolute atomic E-state index is 0.259. The van der Waals surface area contributed by atoms with Gasteiger partial charge in [-0.3, -0.25) is 4.90 Å². The lowest BCUT2D eigenvalue weighted by molar-refractivity contribution is 0.0182. The Morgan fingerprint density at radius 3 is 2.63 bits per heavy atom. The van der Waals surface area contributed by atoms with Gasteiger partial charge >= 0.3 is 0 Å². The van der Waals surface area contributed by atoms with Crippen LogP contribution in [0.1, 0.15) is 19.3 Å². The van der Waals surface area contributed by atoms with Gasteiger partial charge in [0, 0.05) is 44.3 Å². The molecule has 19 heavy (non-hydrogen) atoms. The molecule has 0 bridgehead atoms. The maximum absolute atomic E-state index is 9.46. The molecule has 0 radical (unpaired) electrons. The second-order valence-electron chi connectivity index (χ2n) is 6.17. The smallest absolute Gasteiger partial charge is 0.0597 e. The Bertz CT molecular complexity index is 280. The highest BCUT2D eigenvalue weighted by molar-refractivity contribution is 4.89. The first kappa shape index (κ1) is 13.8. The predicted molar refractivity (Wildman–Crippen MR) is 74.3 cm³/mol. The fraction of sp³-hybridized carbons (Fsp3) is 1.00. The highest BCUT2D eigenvalue weighted by Crippen LogP contribution is 2.21. The van der Waals surface area contributed by atoms with Crippen molar-refractivity contribution < 1.29 is 9.84 Å². The standard InChI is InChI=1S/C14H27N3O2/c18-11-13(15-12-1-2-12)9-16-4-3-14(10-16)17-5-7-19-8-6-17/h12-15,18H,1-11H2. The summed E-state index contributed by atoms with van der Waals surface area (Å²) >= 11 is 0. The first-order valence-electron chi connectivity index (χ1n) is 7.76. The second-order valence-corrected chi connectivity index (χ2v) is 6.17. The van der Waals surface area contributed by atoms with Crippen molar-refractivity contribution in [1.82, 2.24) is 15.1 Å². The summed E-state index contributed by atoms with van der Waals surface area (Å²) in [6.45, 7) is 7.53. The number of morpholine rings is 1. The van der Waals surface area contributed by atoms with E-state index in [1.165, 1.54) is 25.8 Å². The summed E-state index contributed by atoms with van der Waals surface area (Å²) in [6, 6.07) is 1.63. The summed E-state index contributed by atoms with van der Waals surface area (Å²) in [4.78, 5) is 5.09. The SMILES string of the molecule is OCC(CN1CCC(N2CCOCC2)C1)NC1CC1. The lowest BCUT2D eigenvalue weighted by Gasteiger charge is -2.32. The maximum Gasteiger partial charge on any atom is 0.0597 e. The van der Waals surface area contributed by atoms with Gasteiger partial charge in [0.15, 0.2) is 0 Å². The molecule has 0 aromatic heterocycles. The molecule has 2 saturated heterocycles. The van der Waals surface area contributed by atoms with Crippen LogP contribution >= 0.6 is 0 Å². The number of nitrogens with one attached hydrogen (secondary N) is 1. The molecule has 3 aliphatic rings. The van der Waals surface area contributed by atoms with E-state index in [4.69, 9.17) is 4.74 Å². The van der Waals surface area contributed by atoms with Gasteiger partial charge in [0.2, 0.25) is 0 Å². The number of aliphatic hydroxyl groups excluding tert-OH is 1. The second kappa shape index (κ2) is 6.50. The molecule has 5 heteroatoms. The zero-order valence-corrected chi connectivity index (χ0v) is 11.8. The fourth-order valence-corrected chi connectivity index (χ4v) is 3.28. The highest BCUT2D eigenvalue weighted by Gasteiger charge is 2.31. The number of likely N-dealkylation sites (tertiary alicyclic amines) is 1. The number of hydrogen-bond donors (Lipinski definition) is 2. The average molecular weight is 269 g/mol. The summed E-state index contributed by atoms with van der Waals surface area (Å²) in [5, 5.41) is 13.0. The molecule has 0 aromatic rings. The average Bonchev–Trinajstić information content (AvgIpc) is 3.15. The molecular formula is C14H27N3O2. The third kappa shape index (κ3) is 3.89. The van der Waals surface area contributed by atoms with E-state index >= 15 is 0 Å². The number of nitrogens with zero attached hydrogens (tertiary/aromatic N) is 2. The van der Waals surface area contributed by atoms with Gasteiger partial charge in [0.05, 0.1) is 19.8 Å². The Kier molecular flexibility index (Phi) is 4.71. The molecule has 3 fully saturated rings. The van der Waals surface area contributed by atoms with E-state index in [9.17, 15) is 5.11 Å². The lowest BCUT2D eigenvalue weighted by Crippen LogP contribution is -2.47. The van der Waals surface area contributed by atoms with Gasteiger partial charge in [-0.1, -0.05) is 0 Å². The number of hydrogen-bond acceptors (Lipinski definition) is 5. The molecule has 0 spiro atoms. The number of rotatable bonds is 6. The van der Waals surface area contributed by atoms with Gasteiger partial charge in [-0.2, -0.15) is 0 Å². The topological polar surface area (TPSA) is 48.0 Å². The molecule has 1 saturated carbocycles. The van der Waals surface area contributed by atoms with Crippen molar-refractivity contribution in [1.29, 1.82) is 0 Å². The zero-order chi connectivity index (χ0) is 13.1. The van der Waals surface area contributed by atoms with Gasteiger partial charge < -0.3 is 20.1 Å². The van der Waals surface area contributed by atoms with E-state index in [-0.39, 0.29) is 12.6 Å². The summed E-state index contributed by atoms with van der Waals surface area (Å²) < 4.78 is 5.42. The van der Waals surface area contributed by atoms with Gasteiger partial charge in [-0.05, 0) is 25.8 Å². The Labute approximate surface area is 115 Å². The summed E-state index contributed by atoms with van der Waals surface area (Å²) in [6.07, 6.45) is 3.83. The molecule has 5 nitrogen and oxygen atoms in total. The molecule has 2 heterocycles. The third-order valence-electron chi connectivity index (χ3n) is 4.56. The van der Waals surface area contributed by atoms with E-state index < -0.39 is 0 Å². The normalized spacial score (nSPS) is 31.7. The minimum atomic E-state index is 0.259. The van der Waals surface area contributed by atoms with E-state index in [1.54, 1.807) is 0 Å². The highest BCUT2D eigenvalue weighted by atomic mass is 16.5. The molecule has 2 aliphatic heterocycles. The molecule has 2 N–H and O–H groups in total. The van der Waals surface area contributed by atoms with Crippen molar-refractivity contribution in [2.75, 3.05) is 52.5 Å². The van der Waals surface area contributed by atoms with Crippen LogP contribution in [0.15, 0.2) is 0 Å². The Balaban J connectivity index is 1.42. The molecule has 0 amide bonds. The summed E-state index contributed by atoms with van der Waals surface area (Å²) in [5.74, 6) is 0. The van der Waals surface area contributed by atoms with E-state index in [0.717, 1.165) is 39.4 Å². The lowest BCUT2D eigenvalue weighted by atomic mass is 10.2. The summed E-state index contributed by atoms with van der Waals surface area (Å²) in [5.41, 5.74) is 0. The van der Waals surface area contributed by atoms with Crippen LogP contribution in [0.25, 0.3) is 0 Å². The van der Waals surface area contributed by atoms with Crippen molar-refractivity contribution >= 4 is 0 Å². The van der Waals surface area contributed by atoms with Gasteiger partial charge in [-0.15, -0.1) is 0 Å². The Morgan fingerprint density at radius 1 is 1.16 bits per heavy atom. The Hall–Kier alpha value is -0.200. The monoisotopic (exact) mass is 269 g/mol. The van der Waals surface area contributed by atoms with Crippen LogP contribution in [0.4, 0.5) is 0 Å². The number of aliphatic hydroxyl groups is 1. The van der Waals surface area contributed by atoms with Crippen LogP contribution in [-0.2, 0) is 4.74 Å². The maximum atomic E-state index is 9.46. The van der Waals surface area contributed by atoms with Crippen molar-refractivity contribution in [2.45, 2.75) is 37.4 Å². The van der Waals surface area contributed by atoms with Crippen molar-refractivity contribution in [3.05, 3.63) is 0 Å². The molecule has 110 valence electrons. The molecule has 2 unspecified atom stereocenters. The molecular weight excluding hydrogens is 242 g/mol. The van der Waals surface area contributed by atoms with Crippen LogP contribution < -0.4 is 5.32 Å². The van der Waals surface area contributed by atoms with Crippen molar-refractivity contribution in [3.63, 3.8) is 0 Å². The van der Waals surface area contributed by atoms with Crippen LogP contribution in [0.3, 0.4) is 0 Å². The van der Waals surface area contributed by atoms with Crippen LogP contribution in [0.2, 0.25) is 0 Å². The minimum Gasteiger partial charge on any atom is -0.395 e. The van der Waals surface area contributed by atoms with Crippen molar-refractivity contribution in [3.8, 4) is 0 Å². The molecule has 1 aliphatic carbocycles. The van der Waals surface area contributed by atoms with Crippen LogP contribution in [-0.4, -0.2) is 85.6 Å². The van der Waals surface area contributed by atoms with Gasteiger partial charge in [0.1, 0.15) is 0 Å². The van der Waals surface area contributed by atoms with E-state index in [0.29, 0.717) is 12.1 Å². The first-order valence-corrected chi connectivity index (χ1v) is 7.76. The van der Waals surface area contributed by atoms with Crippen LogP contribution in [0, 0.1) is 0 Å². The van der Waals surface area contributed by atoms with Crippen LogP contribution in [0.5, 0.6) is 0 Å². The predicted octanol–water partition coefficient (Wildman–Crippen LogP) is -0.494. The van der Waals surface area contributed by atoms with E-state index in [1.807, 2.05) is 0 Å².